The van der Waals surface area contributed by atoms with Crippen LogP contribution in [0.25, 0.3) is 0 Å². The number of carbonyl (C=O) groups excluding carboxylic acids is 2. The minimum Gasteiger partial charge on any atom is -0.497 e. The number of methoxy groups -OCH3 is 1. The molecule has 3 aromatic carbocycles. The molecule has 1 fully saturated rings. The van der Waals surface area contributed by atoms with E-state index in [9.17, 15) is 14.0 Å². The highest BCUT2D eigenvalue weighted by Crippen LogP contribution is 2.29. The highest BCUT2D eigenvalue weighted by Gasteiger charge is 2.39. The molecule has 0 aliphatic carbocycles. The number of ether oxygens (including phenoxy) is 2. The van der Waals surface area contributed by atoms with Crippen LogP contribution >= 0.6 is 0 Å². The van der Waals surface area contributed by atoms with E-state index in [0.717, 1.165) is 11.3 Å². The van der Waals surface area contributed by atoms with E-state index < -0.39 is 6.04 Å². The summed E-state index contributed by atoms with van der Waals surface area (Å²) in [7, 11) is 1.63. The zero-order valence-electron chi connectivity index (χ0n) is 21.4. The minimum atomic E-state index is -0.633. The molecule has 39 heavy (non-hydrogen) atoms. The van der Waals surface area contributed by atoms with Crippen LogP contribution in [0.4, 0.5) is 10.1 Å². The third kappa shape index (κ3) is 6.59. The normalized spacial score (nSPS) is 16.6. The molecule has 200 valence electrons. The fraction of sp³-hybridized carbons (Fsp3) is 0.241. The van der Waals surface area contributed by atoms with Gasteiger partial charge in [0.2, 0.25) is 11.8 Å². The summed E-state index contributed by atoms with van der Waals surface area (Å²) in [6, 6.07) is 19.8. The number of amides is 2. The maximum atomic E-state index is 13.4. The van der Waals surface area contributed by atoms with Gasteiger partial charge in [-0.3, -0.25) is 9.59 Å². The van der Waals surface area contributed by atoms with Gasteiger partial charge in [0.15, 0.2) is 0 Å². The Morgan fingerprint density at radius 3 is 2.46 bits per heavy atom. The maximum Gasteiger partial charge on any atom is 0.247 e. The second-order valence-corrected chi connectivity index (χ2v) is 9.38. The molecule has 0 saturated carbocycles. The van der Waals surface area contributed by atoms with Crippen molar-refractivity contribution in [3.63, 3.8) is 0 Å². The molecule has 2 atom stereocenters. The van der Waals surface area contributed by atoms with Gasteiger partial charge in [-0.1, -0.05) is 12.1 Å². The van der Waals surface area contributed by atoms with Crippen LogP contribution in [-0.2, 0) is 22.6 Å². The molecule has 2 amide bonds. The molecule has 0 spiro atoms. The number of hydrogen-bond acceptors (Lipinski definition) is 6. The molecule has 2 unspecified atom stereocenters. The van der Waals surface area contributed by atoms with Crippen molar-refractivity contribution in [3.05, 3.63) is 96.8 Å². The van der Waals surface area contributed by atoms with Gasteiger partial charge >= 0.3 is 0 Å². The zero-order chi connectivity index (χ0) is 27.2. The second-order valence-electron chi connectivity index (χ2n) is 9.38. The Morgan fingerprint density at radius 1 is 1.03 bits per heavy atom. The Labute approximate surface area is 225 Å². The van der Waals surface area contributed by atoms with Crippen LogP contribution in [0.3, 0.4) is 0 Å². The van der Waals surface area contributed by atoms with Gasteiger partial charge in [0, 0.05) is 12.2 Å². The van der Waals surface area contributed by atoms with Gasteiger partial charge < -0.3 is 19.7 Å². The maximum absolute atomic E-state index is 13.4. The molecule has 9 nitrogen and oxygen atoms in total. The van der Waals surface area contributed by atoms with Gasteiger partial charge in [-0.05, 0) is 85.0 Å². The van der Waals surface area contributed by atoms with E-state index in [4.69, 9.17) is 9.47 Å². The predicted octanol–water partition coefficient (Wildman–Crippen LogP) is 4.32. The summed E-state index contributed by atoms with van der Waals surface area (Å²) in [5, 5.41) is 6.96. The lowest BCUT2D eigenvalue weighted by atomic mass is 9.96. The van der Waals surface area contributed by atoms with E-state index in [1.54, 1.807) is 36.3 Å². The lowest BCUT2D eigenvalue weighted by Crippen LogP contribution is -2.44. The number of nitrogens with zero attached hydrogens (tertiary/aromatic N) is 4. The summed E-state index contributed by atoms with van der Waals surface area (Å²) in [5.74, 6) is 1.11. The molecule has 0 bridgehead atoms. The van der Waals surface area contributed by atoms with Gasteiger partial charge in [-0.15, -0.1) is 0 Å². The molecule has 4 aromatic rings. The average molecular weight is 530 g/mol. The lowest BCUT2D eigenvalue weighted by molar-refractivity contribution is -0.137. The summed E-state index contributed by atoms with van der Waals surface area (Å²) in [6.07, 6.45) is 4.09. The van der Waals surface area contributed by atoms with Crippen LogP contribution in [0.1, 0.15) is 12.0 Å². The first-order valence-electron chi connectivity index (χ1n) is 12.6. The summed E-state index contributed by atoms with van der Waals surface area (Å²) < 4.78 is 25.6. The number of anilines is 1. The summed E-state index contributed by atoms with van der Waals surface area (Å²) in [5.41, 5.74) is 1.66. The second kappa shape index (κ2) is 11.8. The van der Waals surface area contributed by atoms with E-state index in [0.29, 0.717) is 36.6 Å². The SMILES string of the molecule is COc1cccc(CC2CC(C(=O)Nc3ccc(Oc4ccc(F)cc4)cc3)N(C(=O)Cn3cncn3)C2)c1. The predicted molar refractivity (Wildman–Crippen MR) is 142 cm³/mol. The van der Waals surface area contributed by atoms with Crippen molar-refractivity contribution in [1.82, 2.24) is 19.7 Å². The molecule has 1 N–H and O–H groups in total. The minimum absolute atomic E-state index is 0.00504. The topological polar surface area (TPSA) is 98.6 Å². The Bertz CT molecular complexity index is 1410. The van der Waals surface area contributed by atoms with E-state index in [2.05, 4.69) is 15.4 Å². The van der Waals surface area contributed by atoms with Gasteiger partial charge in [-0.2, -0.15) is 5.10 Å². The molecule has 2 heterocycles. The number of aromatic nitrogens is 3. The van der Waals surface area contributed by atoms with Crippen LogP contribution in [0.5, 0.6) is 17.2 Å². The van der Waals surface area contributed by atoms with Crippen LogP contribution in [0.2, 0.25) is 0 Å². The van der Waals surface area contributed by atoms with Crippen LogP contribution < -0.4 is 14.8 Å². The van der Waals surface area contributed by atoms with Crippen molar-refractivity contribution in [1.29, 1.82) is 0 Å². The molecular weight excluding hydrogens is 501 g/mol. The number of halogens is 1. The van der Waals surface area contributed by atoms with Crippen molar-refractivity contribution in [2.75, 3.05) is 19.0 Å². The van der Waals surface area contributed by atoms with Gasteiger partial charge in [0.05, 0.1) is 7.11 Å². The lowest BCUT2D eigenvalue weighted by Gasteiger charge is -2.24. The number of rotatable bonds is 9. The highest BCUT2D eigenvalue weighted by molar-refractivity contribution is 5.97. The molecule has 10 heteroatoms. The third-order valence-electron chi connectivity index (χ3n) is 6.60. The molecule has 1 aliphatic heterocycles. The first kappa shape index (κ1) is 25.9. The van der Waals surface area contributed by atoms with Gasteiger partial charge in [0.25, 0.3) is 0 Å². The third-order valence-corrected chi connectivity index (χ3v) is 6.60. The molecule has 1 aromatic heterocycles. The largest absolute Gasteiger partial charge is 0.497 e. The molecule has 1 saturated heterocycles. The molecule has 1 aliphatic rings. The summed E-state index contributed by atoms with van der Waals surface area (Å²) in [6.45, 7) is 0.457. The van der Waals surface area contributed by atoms with Crippen LogP contribution in [-0.4, -0.2) is 51.2 Å². The van der Waals surface area contributed by atoms with E-state index in [-0.39, 0.29) is 30.1 Å². The first-order valence-corrected chi connectivity index (χ1v) is 12.6. The van der Waals surface area contributed by atoms with Crippen molar-refractivity contribution < 1.29 is 23.5 Å². The Balaban J connectivity index is 1.27. The highest BCUT2D eigenvalue weighted by atomic mass is 19.1. The zero-order valence-corrected chi connectivity index (χ0v) is 21.4. The van der Waals surface area contributed by atoms with E-state index in [1.807, 2.05) is 24.3 Å². The van der Waals surface area contributed by atoms with E-state index >= 15 is 0 Å². The Kier molecular flexibility index (Phi) is 7.81. The molecule has 0 radical (unpaired) electrons. The standard InChI is InChI=1S/C29H28FN5O4/c1-38-26-4-2-3-20(14-26)13-21-15-27(35(16-21)28(36)17-34-19-31-18-32-34)29(37)33-23-7-11-25(12-8-23)39-24-9-5-22(30)6-10-24/h2-12,14,18-19,21,27H,13,15-17H2,1H3,(H,33,37). The quantitative estimate of drug-likeness (QED) is 0.347. The number of hydrogen-bond donors (Lipinski definition) is 1. The van der Waals surface area contributed by atoms with Crippen molar-refractivity contribution in [2.45, 2.75) is 25.4 Å². The number of nitrogens with one attached hydrogen (secondary N) is 1. The Morgan fingerprint density at radius 2 is 1.77 bits per heavy atom. The first-order chi connectivity index (χ1) is 19.0. The van der Waals surface area contributed by atoms with Crippen molar-refractivity contribution in [3.8, 4) is 17.2 Å². The van der Waals surface area contributed by atoms with Crippen LogP contribution in [0, 0.1) is 11.7 Å². The average Bonchev–Trinajstić information content (AvgIpc) is 3.61. The number of likely N-dealkylation sites (tertiary alicyclic amines) is 1. The molecular formula is C29H28FN5O4. The van der Waals surface area contributed by atoms with Gasteiger partial charge in [-0.25, -0.2) is 14.1 Å². The number of carbonyl (C=O) groups is 2. The number of benzene rings is 3. The monoisotopic (exact) mass is 529 g/mol. The molecule has 5 rings (SSSR count). The van der Waals surface area contributed by atoms with Crippen molar-refractivity contribution >= 4 is 17.5 Å². The smallest absolute Gasteiger partial charge is 0.247 e. The fourth-order valence-corrected chi connectivity index (χ4v) is 4.74. The Hall–Kier alpha value is -4.73. The fourth-order valence-electron chi connectivity index (χ4n) is 4.74. The van der Waals surface area contributed by atoms with Crippen LogP contribution in [0.15, 0.2) is 85.5 Å². The van der Waals surface area contributed by atoms with Crippen molar-refractivity contribution in [2.24, 2.45) is 5.92 Å². The van der Waals surface area contributed by atoms with Gasteiger partial charge in [0.1, 0.15) is 48.3 Å². The van der Waals surface area contributed by atoms with E-state index in [1.165, 1.54) is 41.6 Å². The summed E-state index contributed by atoms with van der Waals surface area (Å²) in [4.78, 5) is 32.2. The summed E-state index contributed by atoms with van der Waals surface area (Å²) >= 11 is 0.